The van der Waals surface area contributed by atoms with Crippen LogP contribution in [0.2, 0.25) is 0 Å². The average molecular weight is 573 g/mol. The molecule has 0 unspecified atom stereocenters. The van der Waals surface area contributed by atoms with E-state index in [0.29, 0.717) is 17.8 Å². The number of hydrogen-bond donors (Lipinski definition) is 4. The van der Waals surface area contributed by atoms with Gasteiger partial charge in [-0.05, 0) is 65.1 Å². The lowest BCUT2D eigenvalue weighted by Crippen LogP contribution is -2.28. The predicted octanol–water partition coefficient (Wildman–Crippen LogP) is 5.51. The van der Waals surface area contributed by atoms with E-state index in [1.54, 1.807) is 36.4 Å². The Labute approximate surface area is 250 Å². The monoisotopic (exact) mass is 572 g/mol. The van der Waals surface area contributed by atoms with Crippen LogP contribution in [0.4, 0.5) is 11.4 Å². The van der Waals surface area contributed by atoms with Gasteiger partial charge in [0.1, 0.15) is 11.4 Å². The van der Waals surface area contributed by atoms with Crippen molar-refractivity contribution in [3.05, 3.63) is 143 Å². The smallest absolute Gasteiger partial charge is 0.272 e. The summed E-state index contributed by atoms with van der Waals surface area (Å²) in [5, 5.41) is 10.8. The molecule has 0 saturated carbocycles. The van der Waals surface area contributed by atoms with Gasteiger partial charge < -0.3 is 21.3 Å². The molecule has 216 valence electrons. The Bertz CT molecular complexity index is 1520. The van der Waals surface area contributed by atoms with Crippen molar-refractivity contribution in [3.8, 4) is 0 Å². The summed E-state index contributed by atoms with van der Waals surface area (Å²) in [5.74, 6) is -1.53. The zero-order valence-electron chi connectivity index (χ0n) is 23.9. The standard InChI is InChI=1S/C35H32N4O4/c1-24(40)36-32(22-26-9-5-3-6-10-26)34(42)38-30-17-13-28(14-18-30)21-29-15-19-31(20-16-29)39-35(43)33(37-25(2)41)23-27-11-7-4-8-12-27/h3-20,22-23H,21H2,1-2H3,(H,36,40)(H,37,41)(H,38,42)(H,39,43)/b32-22-,33-23+. The molecule has 0 saturated heterocycles. The molecule has 0 atom stereocenters. The molecule has 0 radical (unpaired) electrons. The molecule has 43 heavy (non-hydrogen) atoms. The van der Waals surface area contributed by atoms with E-state index in [4.69, 9.17) is 0 Å². The van der Waals surface area contributed by atoms with E-state index in [1.165, 1.54) is 13.8 Å². The average Bonchev–Trinajstić information content (AvgIpc) is 2.99. The molecule has 0 spiro atoms. The topological polar surface area (TPSA) is 116 Å². The first-order chi connectivity index (χ1) is 20.7. The zero-order valence-corrected chi connectivity index (χ0v) is 23.9. The Balaban J connectivity index is 1.37. The fraction of sp³-hybridized carbons (Fsp3) is 0.0857. The lowest BCUT2D eigenvalue weighted by molar-refractivity contribution is -0.120. The number of anilines is 2. The highest BCUT2D eigenvalue weighted by atomic mass is 16.2. The minimum Gasteiger partial charge on any atom is -0.322 e. The van der Waals surface area contributed by atoms with Gasteiger partial charge in [-0.15, -0.1) is 0 Å². The molecule has 0 heterocycles. The molecule has 8 nitrogen and oxygen atoms in total. The van der Waals surface area contributed by atoms with E-state index in [2.05, 4.69) is 21.3 Å². The van der Waals surface area contributed by atoms with Crippen LogP contribution < -0.4 is 21.3 Å². The molecule has 0 fully saturated rings. The van der Waals surface area contributed by atoms with Crippen LogP contribution in [0.3, 0.4) is 0 Å². The molecule has 4 aromatic carbocycles. The molecule has 4 amide bonds. The Hall–Kier alpha value is -5.76. The fourth-order valence-corrected chi connectivity index (χ4v) is 4.17. The van der Waals surface area contributed by atoms with Crippen molar-refractivity contribution in [2.45, 2.75) is 20.3 Å². The minimum atomic E-state index is -0.426. The maximum atomic E-state index is 12.9. The first-order valence-corrected chi connectivity index (χ1v) is 13.6. The number of hydrogen-bond acceptors (Lipinski definition) is 4. The van der Waals surface area contributed by atoms with E-state index in [0.717, 1.165) is 22.3 Å². The molecular weight excluding hydrogens is 540 g/mol. The molecule has 4 N–H and O–H groups in total. The van der Waals surface area contributed by atoms with Gasteiger partial charge in [-0.2, -0.15) is 0 Å². The quantitative estimate of drug-likeness (QED) is 0.188. The summed E-state index contributed by atoms with van der Waals surface area (Å²) in [4.78, 5) is 49.1. The summed E-state index contributed by atoms with van der Waals surface area (Å²) < 4.78 is 0. The second-order valence-corrected chi connectivity index (χ2v) is 9.78. The number of amides is 4. The Kier molecular flexibility index (Phi) is 10.4. The van der Waals surface area contributed by atoms with Crippen molar-refractivity contribution >= 4 is 47.2 Å². The van der Waals surface area contributed by atoms with E-state index in [1.807, 2.05) is 84.9 Å². The molecule has 0 aliphatic rings. The van der Waals surface area contributed by atoms with Crippen LogP contribution in [-0.4, -0.2) is 23.6 Å². The van der Waals surface area contributed by atoms with Gasteiger partial charge >= 0.3 is 0 Å². The van der Waals surface area contributed by atoms with Crippen molar-refractivity contribution in [1.29, 1.82) is 0 Å². The van der Waals surface area contributed by atoms with Crippen LogP contribution >= 0.6 is 0 Å². The summed E-state index contributed by atoms with van der Waals surface area (Å²) in [6.45, 7) is 2.71. The van der Waals surface area contributed by atoms with E-state index in [-0.39, 0.29) is 23.2 Å². The third-order valence-corrected chi connectivity index (χ3v) is 6.16. The van der Waals surface area contributed by atoms with E-state index >= 15 is 0 Å². The van der Waals surface area contributed by atoms with Crippen LogP contribution in [0.25, 0.3) is 12.2 Å². The summed E-state index contributed by atoms with van der Waals surface area (Å²) in [7, 11) is 0. The van der Waals surface area contributed by atoms with Gasteiger partial charge in [0.25, 0.3) is 11.8 Å². The van der Waals surface area contributed by atoms with Crippen LogP contribution in [0, 0.1) is 0 Å². The summed E-state index contributed by atoms with van der Waals surface area (Å²) in [6.07, 6.45) is 3.88. The molecule has 4 rings (SSSR count). The van der Waals surface area contributed by atoms with Gasteiger partial charge in [0.05, 0.1) is 0 Å². The van der Waals surface area contributed by atoms with Gasteiger partial charge in [-0.3, -0.25) is 19.2 Å². The Morgan fingerprint density at radius 1 is 0.512 bits per heavy atom. The van der Waals surface area contributed by atoms with E-state index < -0.39 is 11.8 Å². The van der Waals surface area contributed by atoms with Crippen molar-refractivity contribution in [3.63, 3.8) is 0 Å². The fourth-order valence-electron chi connectivity index (χ4n) is 4.17. The second kappa shape index (κ2) is 14.7. The summed E-state index contributed by atoms with van der Waals surface area (Å²) >= 11 is 0. The van der Waals surface area contributed by atoms with Crippen molar-refractivity contribution < 1.29 is 19.2 Å². The Morgan fingerprint density at radius 2 is 0.860 bits per heavy atom. The summed E-state index contributed by atoms with van der Waals surface area (Å²) in [6, 6.07) is 33.4. The predicted molar refractivity (Wildman–Crippen MR) is 169 cm³/mol. The SMILES string of the molecule is CC(=O)N/C(=C\c1ccccc1)C(=O)Nc1ccc(Cc2ccc(NC(=O)/C(=C\c3ccccc3)NC(C)=O)cc2)cc1. The first kappa shape index (κ1) is 30.2. The van der Waals surface area contributed by atoms with Gasteiger partial charge in [-0.25, -0.2) is 0 Å². The summed E-state index contributed by atoms with van der Waals surface area (Å²) in [5.41, 5.74) is 5.11. The normalized spacial score (nSPS) is 11.3. The maximum Gasteiger partial charge on any atom is 0.272 e. The molecular formula is C35H32N4O4. The van der Waals surface area contributed by atoms with Crippen LogP contribution in [0.1, 0.15) is 36.1 Å². The third kappa shape index (κ3) is 9.68. The number of nitrogens with one attached hydrogen (secondary N) is 4. The van der Waals surface area contributed by atoms with Gasteiger partial charge in [0, 0.05) is 25.2 Å². The second-order valence-electron chi connectivity index (χ2n) is 9.78. The third-order valence-electron chi connectivity index (χ3n) is 6.16. The van der Waals surface area contributed by atoms with E-state index in [9.17, 15) is 19.2 Å². The number of carbonyl (C=O) groups is 4. The van der Waals surface area contributed by atoms with Crippen LogP contribution in [0.5, 0.6) is 0 Å². The molecule has 4 aromatic rings. The number of rotatable bonds is 10. The highest BCUT2D eigenvalue weighted by molar-refractivity contribution is 6.09. The first-order valence-electron chi connectivity index (χ1n) is 13.6. The highest BCUT2D eigenvalue weighted by Crippen LogP contribution is 2.18. The lowest BCUT2D eigenvalue weighted by atomic mass is 10.0. The molecule has 8 heteroatoms. The van der Waals surface area contributed by atoms with Gasteiger partial charge in [-0.1, -0.05) is 84.9 Å². The zero-order chi connectivity index (χ0) is 30.6. The van der Waals surface area contributed by atoms with Crippen molar-refractivity contribution in [1.82, 2.24) is 10.6 Å². The van der Waals surface area contributed by atoms with Crippen molar-refractivity contribution in [2.24, 2.45) is 0 Å². The van der Waals surface area contributed by atoms with Crippen molar-refractivity contribution in [2.75, 3.05) is 10.6 Å². The van der Waals surface area contributed by atoms with Gasteiger partial charge in [0.2, 0.25) is 11.8 Å². The Morgan fingerprint density at radius 3 is 1.19 bits per heavy atom. The minimum absolute atomic E-state index is 0.148. The highest BCUT2D eigenvalue weighted by Gasteiger charge is 2.13. The molecule has 0 aromatic heterocycles. The maximum absolute atomic E-state index is 12.9. The number of carbonyl (C=O) groups excluding carboxylic acids is 4. The molecule has 0 aliphatic carbocycles. The van der Waals surface area contributed by atoms with Crippen LogP contribution in [0.15, 0.2) is 121 Å². The lowest BCUT2D eigenvalue weighted by Gasteiger charge is -2.11. The van der Waals surface area contributed by atoms with Gasteiger partial charge in [0.15, 0.2) is 0 Å². The largest absolute Gasteiger partial charge is 0.322 e. The van der Waals surface area contributed by atoms with Crippen LogP contribution in [-0.2, 0) is 25.6 Å². The number of benzene rings is 4. The molecule has 0 aliphatic heterocycles. The molecule has 0 bridgehead atoms.